The third-order valence-corrected chi connectivity index (χ3v) is 5.94. The molecule has 31 heavy (non-hydrogen) atoms. The molecule has 1 N–H and O–H groups in total. The molecule has 4 aromatic rings. The zero-order chi connectivity index (χ0) is 21.8. The largest absolute Gasteiger partial charge is 0.483 e. The zero-order valence-corrected chi connectivity index (χ0v) is 18.8. The highest BCUT2D eigenvalue weighted by Gasteiger charge is 2.11. The van der Waals surface area contributed by atoms with Gasteiger partial charge in [0.15, 0.2) is 6.61 Å². The lowest BCUT2D eigenvalue weighted by Gasteiger charge is -2.10. The van der Waals surface area contributed by atoms with Crippen LogP contribution in [0.15, 0.2) is 72.1 Å². The van der Waals surface area contributed by atoms with Crippen LogP contribution < -0.4 is 10.1 Å². The van der Waals surface area contributed by atoms with Crippen LogP contribution >= 0.6 is 22.9 Å². The number of hydrogen-bond donors (Lipinski definition) is 1. The fraction of sp³-hybridized carbons (Fsp3) is 0.120. The summed E-state index contributed by atoms with van der Waals surface area (Å²) < 4.78 is 5.67. The highest BCUT2D eigenvalue weighted by molar-refractivity contribution is 7.13. The summed E-state index contributed by atoms with van der Waals surface area (Å²) in [6, 6.07) is 21.1. The maximum Gasteiger partial charge on any atom is 0.262 e. The number of hydrogen-bond acceptors (Lipinski definition) is 4. The molecule has 0 saturated carbocycles. The van der Waals surface area contributed by atoms with E-state index in [0.717, 1.165) is 33.0 Å². The van der Waals surface area contributed by atoms with E-state index in [1.165, 1.54) is 11.3 Å². The number of aromatic nitrogens is 1. The van der Waals surface area contributed by atoms with E-state index in [4.69, 9.17) is 21.3 Å². The van der Waals surface area contributed by atoms with Crippen molar-refractivity contribution >= 4 is 34.5 Å². The lowest BCUT2D eigenvalue weighted by Crippen LogP contribution is -2.20. The summed E-state index contributed by atoms with van der Waals surface area (Å²) in [5, 5.41) is 6.41. The van der Waals surface area contributed by atoms with E-state index >= 15 is 0 Å². The lowest BCUT2D eigenvalue weighted by molar-refractivity contribution is -0.118. The van der Waals surface area contributed by atoms with Crippen LogP contribution in [0.1, 0.15) is 11.1 Å². The summed E-state index contributed by atoms with van der Waals surface area (Å²) >= 11 is 7.83. The first kappa shape index (κ1) is 21.1. The van der Waals surface area contributed by atoms with Crippen molar-refractivity contribution in [3.8, 4) is 27.6 Å². The van der Waals surface area contributed by atoms with E-state index in [1.807, 2.05) is 86.0 Å². The molecule has 1 heterocycles. The molecule has 1 aromatic heterocycles. The van der Waals surface area contributed by atoms with Gasteiger partial charge < -0.3 is 10.1 Å². The topological polar surface area (TPSA) is 51.2 Å². The van der Waals surface area contributed by atoms with Crippen molar-refractivity contribution in [3.05, 3.63) is 88.3 Å². The smallest absolute Gasteiger partial charge is 0.262 e. The number of ether oxygens (including phenoxy) is 1. The van der Waals surface area contributed by atoms with E-state index in [0.29, 0.717) is 16.5 Å². The monoisotopic (exact) mass is 448 g/mol. The molecule has 0 bridgehead atoms. The Bertz CT molecular complexity index is 1240. The van der Waals surface area contributed by atoms with Crippen LogP contribution in [0.25, 0.3) is 21.8 Å². The number of rotatable bonds is 6. The van der Waals surface area contributed by atoms with Crippen LogP contribution in [0.4, 0.5) is 5.69 Å². The summed E-state index contributed by atoms with van der Waals surface area (Å²) in [6.07, 6.45) is 0. The highest BCUT2D eigenvalue weighted by atomic mass is 35.5. The summed E-state index contributed by atoms with van der Waals surface area (Å²) in [5.74, 6) is 0.497. The van der Waals surface area contributed by atoms with Gasteiger partial charge in [0.05, 0.1) is 10.7 Å². The normalized spacial score (nSPS) is 10.7. The second-order valence-electron chi connectivity index (χ2n) is 7.20. The van der Waals surface area contributed by atoms with Crippen molar-refractivity contribution in [2.75, 3.05) is 11.9 Å². The Morgan fingerprint density at radius 2 is 1.90 bits per heavy atom. The zero-order valence-electron chi connectivity index (χ0n) is 17.2. The Labute approximate surface area is 190 Å². The van der Waals surface area contributed by atoms with Gasteiger partial charge in [0.2, 0.25) is 0 Å². The summed E-state index contributed by atoms with van der Waals surface area (Å²) in [6.45, 7) is 3.94. The van der Waals surface area contributed by atoms with Crippen molar-refractivity contribution in [2.45, 2.75) is 13.8 Å². The summed E-state index contributed by atoms with van der Waals surface area (Å²) in [5.41, 5.74) is 5.52. The second kappa shape index (κ2) is 9.33. The maximum absolute atomic E-state index is 12.4. The number of aryl methyl sites for hydroxylation is 2. The molecule has 0 saturated heterocycles. The Morgan fingerprint density at radius 1 is 1.06 bits per heavy atom. The Morgan fingerprint density at radius 3 is 2.71 bits per heavy atom. The molecule has 0 spiro atoms. The molecule has 1 amide bonds. The average molecular weight is 449 g/mol. The molecule has 0 aliphatic rings. The number of halogens is 1. The van der Waals surface area contributed by atoms with Crippen molar-refractivity contribution < 1.29 is 9.53 Å². The van der Waals surface area contributed by atoms with Gasteiger partial charge in [-0.05, 0) is 43.7 Å². The van der Waals surface area contributed by atoms with Gasteiger partial charge in [0, 0.05) is 22.2 Å². The van der Waals surface area contributed by atoms with E-state index < -0.39 is 0 Å². The van der Waals surface area contributed by atoms with Gasteiger partial charge >= 0.3 is 0 Å². The SMILES string of the molecule is Cc1ccc(OCC(=O)Nc2cccc(-c3csc(-c4ccccc4Cl)n3)c2)c(C)c1. The summed E-state index contributed by atoms with van der Waals surface area (Å²) in [4.78, 5) is 17.1. The first-order chi connectivity index (χ1) is 15.0. The molecular formula is C25H21ClN2O2S. The molecule has 0 atom stereocenters. The van der Waals surface area contributed by atoms with Crippen molar-refractivity contribution in [1.29, 1.82) is 0 Å². The van der Waals surface area contributed by atoms with Gasteiger partial charge in [-0.3, -0.25) is 4.79 Å². The van der Waals surface area contributed by atoms with Gasteiger partial charge in [-0.25, -0.2) is 4.98 Å². The van der Waals surface area contributed by atoms with Gasteiger partial charge in [-0.15, -0.1) is 11.3 Å². The minimum atomic E-state index is -0.216. The van der Waals surface area contributed by atoms with Crippen molar-refractivity contribution in [3.63, 3.8) is 0 Å². The Hall–Kier alpha value is -3.15. The molecule has 3 aromatic carbocycles. The molecular weight excluding hydrogens is 428 g/mol. The predicted octanol–water partition coefficient (Wildman–Crippen LogP) is 6.76. The lowest BCUT2D eigenvalue weighted by atomic mass is 10.1. The molecule has 6 heteroatoms. The second-order valence-corrected chi connectivity index (χ2v) is 8.47. The number of carbonyl (C=O) groups excluding carboxylic acids is 1. The first-order valence-corrected chi connectivity index (χ1v) is 11.1. The predicted molar refractivity (Wildman–Crippen MR) is 128 cm³/mol. The number of carbonyl (C=O) groups is 1. The third-order valence-electron chi connectivity index (χ3n) is 4.74. The molecule has 0 radical (unpaired) electrons. The maximum atomic E-state index is 12.4. The minimum absolute atomic E-state index is 0.0541. The van der Waals surface area contributed by atoms with Crippen LogP contribution in [-0.2, 0) is 4.79 Å². The summed E-state index contributed by atoms with van der Waals surface area (Å²) in [7, 11) is 0. The molecule has 4 nitrogen and oxygen atoms in total. The van der Waals surface area contributed by atoms with Crippen LogP contribution in [0.2, 0.25) is 5.02 Å². The van der Waals surface area contributed by atoms with Gasteiger partial charge in [0.1, 0.15) is 10.8 Å². The van der Waals surface area contributed by atoms with Gasteiger partial charge in [0.25, 0.3) is 5.91 Å². The Kier molecular flexibility index (Phi) is 6.35. The van der Waals surface area contributed by atoms with Crippen LogP contribution in [-0.4, -0.2) is 17.5 Å². The van der Waals surface area contributed by atoms with Gasteiger partial charge in [-0.2, -0.15) is 0 Å². The fourth-order valence-electron chi connectivity index (χ4n) is 3.22. The highest BCUT2D eigenvalue weighted by Crippen LogP contribution is 2.33. The van der Waals surface area contributed by atoms with Crippen molar-refractivity contribution in [1.82, 2.24) is 4.98 Å². The van der Waals surface area contributed by atoms with Gasteiger partial charge in [-0.1, -0.05) is 59.6 Å². The number of nitrogens with zero attached hydrogens (tertiary/aromatic N) is 1. The molecule has 0 unspecified atom stereocenters. The third kappa shape index (κ3) is 5.13. The molecule has 4 rings (SSSR count). The van der Waals surface area contributed by atoms with E-state index in [1.54, 1.807) is 0 Å². The molecule has 0 aliphatic carbocycles. The standard InChI is InChI=1S/C25H21ClN2O2S/c1-16-10-11-23(17(2)12-16)30-14-24(29)27-19-7-5-6-18(13-19)22-15-31-25(28-22)20-8-3-4-9-21(20)26/h3-13,15H,14H2,1-2H3,(H,27,29). The van der Waals surface area contributed by atoms with E-state index in [2.05, 4.69) is 5.32 Å². The van der Waals surface area contributed by atoms with Crippen LogP contribution in [0.3, 0.4) is 0 Å². The van der Waals surface area contributed by atoms with Crippen LogP contribution in [0.5, 0.6) is 5.75 Å². The Balaban J connectivity index is 1.44. The molecule has 0 fully saturated rings. The minimum Gasteiger partial charge on any atom is -0.483 e. The fourth-order valence-corrected chi connectivity index (χ4v) is 4.37. The quantitative estimate of drug-likeness (QED) is 0.354. The van der Waals surface area contributed by atoms with E-state index in [-0.39, 0.29) is 12.5 Å². The number of amides is 1. The molecule has 156 valence electrons. The average Bonchev–Trinajstić information content (AvgIpc) is 3.24. The van der Waals surface area contributed by atoms with Crippen molar-refractivity contribution in [2.24, 2.45) is 0 Å². The van der Waals surface area contributed by atoms with E-state index in [9.17, 15) is 4.79 Å². The molecule has 0 aliphatic heterocycles. The number of anilines is 1. The van der Waals surface area contributed by atoms with Crippen LogP contribution in [0, 0.1) is 13.8 Å². The first-order valence-electron chi connectivity index (χ1n) is 9.80. The number of thiazole rings is 1. The number of benzene rings is 3. The number of nitrogens with one attached hydrogen (secondary N) is 1.